The van der Waals surface area contributed by atoms with Crippen molar-refractivity contribution in [3.8, 4) is 17.4 Å². The minimum absolute atomic E-state index is 0.510. The number of rotatable bonds is 3. The lowest BCUT2D eigenvalue weighted by atomic mass is 10.4. The van der Waals surface area contributed by atoms with Crippen LogP contribution in [0.4, 0.5) is 13.2 Å². The van der Waals surface area contributed by atoms with E-state index in [9.17, 15) is 26.7 Å². The molecule has 0 fully saturated rings. The van der Waals surface area contributed by atoms with Crippen LogP contribution in [0.5, 0.6) is 17.4 Å². The fourth-order valence-electron chi connectivity index (χ4n) is 0.987. The van der Waals surface area contributed by atoms with Crippen LogP contribution in [0.3, 0.4) is 0 Å². The van der Waals surface area contributed by atoms with Gasteiger partial charge in [-0.1, -0.05) is 0 Å². The van der Waals surface area contributed by atoms with Crippen LogP contribution in [0.2, 0.25) is 0 Å². The molecule has 102 valence electrons. The van der Waals surface area contributed by atoms with Gasteiger partial charge in [-0.05, 0) is 0 Å². The molecule has 0 bridgehead atoms. The summed E-state index contributed by atoms with van der Waals surface area (Å²) in [5, 5.41) is 12.9. The lowest BCUT2D eigenvalue weighted by Gasteiger charge is -2.12. The summed E-state index contributed by atoms with van der Waals surface area (Å²) in [7, 11) is -3.41. The van der Waals surface area contributed by atoms with Gasteiger partial charge >= 0.3 is 6.36 Å². The Morgan fingerprint density at radius 1 is 1.44 bits per heavy atom. The smallest absolute Gasteiger partial charge is 0.503 e. The standard InChI is InChI=1S/C7H7F3N2O5S/c1-16-4-2-3(13)5(17-7(8,9)10)12-6(4)18(11,14)15/h2,13H,1H3,(H2,11,14,15). The SMILES string of the molecule is COc1cc(O)c(OC(F)(F)F)nc1S(N)(=O)=O. The van der Waals surface area contributed by atoms with Gasteiger partial charge in [0, 0.05) is 6.07 Å². The molecule has 0 amide bonds. The maximum atomic E-state index is 11.9. The fourth-order valence-corrected chi connectivity index (χ4v) is 1.62. The molecule has 1 aromatic rings. The largest absolute Gasteiger partial charge is 0.574 e. The maximum absolute atomic E-state index is 11.9. The van der Waals surface area contributed by atoms with Gasteiger partial charge in [0.25, 0.3) is 15.9 Å². The van der Waals surface area contributed by atoms with Crippen molar-refractivity contribution in [3.05, 3.63) is 6.07 Å². The van der Waals surface area contributed by atoms with Gasteiger partial charge in [-0.15, -0.1) is 13.2 Å². The number of alkyl halides is 3. The number of pyridine rings is 1. The fraction of sp³-hybridized carbons (Fsp3) is 0.286. The van der Waals surface area contributed by atoms with Crippen LogP contribution in [0.15, 0.2) is 11.1 Å². The van der Waals surface area contributed by atoms with E-state index in [1.54, 1.807) is 0 Å². The van der Waals surface area contributed by atoms with Crippen molar-refractivity contribution in [1.82, 2.24) is 4.98 Å². The lowest BCUT2D eigenvalue weighted by molar-refractivity contribution is -0.276. The molecule has 1 rings (SSSR count). The van der Waals surface area contributed by atoms with Gasteiger partial charge in [0.2, 0.25) is 5.03 Å². The van der Waals surface area contributed by atoms with Crippen LogP contribution in [0.25, 0.3) is 0 Å². The highest BCUT2D eigenvalue weighted by Crippen LogP contribution is 2.35. The maximum Gasteiger partial charge on any atom is 0.574 e. The van der Waals surface area contributed by atoms with Gasteiger partial charge < -0.3 is 14.6 Å². The summed E-state index contributed by atoms with van der Waals surface area (Å²) in [5.74, 6) is -2.89. The molecule has 0 radical (unpaired) electrons. The van der Waals surface area contributed by atoms with E-state index in [4.69, 9.17) is 5.14 Å². The van der Waals surface area contributed by atoms with E-state index in [0.29, 0.717) is 6.07 Å². The van der Waals surface area contributed by atoms with Crippen molar-refractivity contribution in [2.24, 2.45) is 5.14 Å². The number of aromatic nitrogens is 1. The first-order valence-electron chi connectivity index (χ1n) is 4.11. The average Bonchev–Trinajstić information content (AvgIpc) is 2.16. The Kier molecular flexibility index (Phi) is 3.57. The zero-order chi connectivity index (χ0) is 14.1. The van der Waals surface area contributed by atoms with Crippen molar-refractivity contribution in [1.29, 1.82) is 0 Å². The minimum Gasteiger partial charge on any atom is -0.503 e. The molecule has 0 spiro atoms. The molecule has 18 heavy (non-hydrogen) atoms. The molecule has 0 unspecified atom stereocenters. The van der Waals surface area contributed by atoms with E-state index in [1.165, 1.54) is 0 Å². The molecule has 0 aliphatic rings. The summed E-state index contributed by atoms with van der Waals surface area (Å²) in [6, 6.07) is 0.591. The number of hydrogen-bond donors (Lipinski definition) is 2. The zero-order valence-electron chi connectivity index (χ0n) is 8.72. The monoisotopic (exact) mass is 288 g/mol. The van der Waals surface area contributed by atoms with Gasteiger partial charge in [-0.2, -0.15) is 4.98 Å². The second kappa shape index (κ2) is 4.49. The molecular formula is C7H7F3N2O5S. The van der Waals surface area contributed by atoms with E-state index in [1.807, 2.05) is 0 Å². The Morgan fingerprint density at radius 2 is 2.00 bits per heavy atom. The lowest BCUT2D eigenvalue weighted by Crippen LogP contribution is -2.20. The van der Waals surface area contributed by atoms with E-state index >= 15 is 0 Å². The van der Waals surface area contributed by atoms with Gasteiger partial charge in [0.05, 0.1) is 7.11 Å². The Labute approximate surface area is 99.0 Å². The van der Waals surface area contributed by atoms with Gasteiger partial charge in [-0.3, -0.25) is 0 Å². The van der Waals surface area contributed by atoms with Crippen molar-refractivity contribution >= 4 is 10.0 Å². The van der Waals surface area contributed by atoms with Crippen LogP contribution in [-0.4, -0.2) is 32.0 Å². The first-order chi connectivity index (χ1) is 8.04. The minimum atomic E-state index is -5.14. The van der Waals surface area contributed by atoms with Gasteiger partial charge in [-0.25, -0.2) is 13.6 Å². The molecule has 0 atom stereocenters. The number of methoxy groups -OCH3 is 1. The van der Waals surface area contributed by atoms with Gasteiger partial charge in [0.15, 0.2) is 11.5 Å². The molecule has 11 heteroatoms. The van der Waals surface area contributed by atoms with E-state index in [0.717, 1.165) is 7.11 Å². The Balaban J connectivity index is 3.40. The molecule has 0 aromatic carbocycles. The van der Waals surface area contributed by atoms with Crippen LogP contribution in [-0.2, 0) is 10.0 Å². The molecule has 1 aromatic heterocycles. The molecule has 0 saturated heterocycles. The second-order valence-electron chi connectivity index (χ2n) is 2.91. The number of ether oxygens (including phenoxy) is 2. The first-order valence-corrected chi connectivity index (χ1v) is 5.66. The summed E-state index contributed by atoms with van der Waals surface area (Å²) in [4.78, 5) is 2.97. The molecule has 3 N–H and O–H groups in total. The molecule has 0 aliphatic carbocycles. The third-order valence-electron chi connectivity index (χ3n) is 1.60. The summed E-state index contributed by atoms with van der Waals surface area (Å²) in [5.41, 5.74) is 0. The highest BCUT2D eigenvalue weighted by Gasteiger charge is 2.34. The predicted octanol–water partition coefficient (Wildman–Crippen LogP) is 0.342. The van der Waals surface area contributed by atoms with Crippen molar-refractivity contribution in [2.75, 3.05) is 7.11 Å². The van der Waals surface area contributed by atoms with Gasteiger partial charge in [0.1, 0.15) is 0 Å². The summed E-state index contributed by atoms with van der Waals surface area (Å²) in [6.45, 7) is 0. The number of sulfonamides is 1. The molecule has 0 saturated carbocycles. The number of aromatic hydroxyl groups is 1. The first kappa shape index (κ1) is 14.3. The zero-order valence-corrected chi connectivity index (χ0v) is 9.54. The average molecular weight is 288 g/mol. The second-order valence-corrected chi connectivity index (χ2v) is 4.39. The Hall–Kier alpha value is -1.75. The van der Waals surface area contributed by atoms with Crippen molar-refractivity contribution < 1.29 is 36.2 Å². The molecule has 0 aliphatic heterocycles. The highest BCUT2D eigenvalue weighted by atomic mass is 32.2. The summed E-state index contributed by atoms with van der Waals surface area (Å²) < 4.78 is 65.8. The predicted molar refractivity (Wildman–Crippen MR) is 50.5 cm³/mol. The number of nitrogens with two attached hydrogens (primary N) is 1. The molecule has 7 nitrogen and oxygen atoms in total. The number of nitrogens with zero attached hydrogens (tertiary/aromatic N) is 1. The van der Waals surface area contributed by atoms with E-state index in [2.05, 4.69) is 14.5 Å². The van der Waals surface area contributed by atoms with Crippen LogP contribution >= 0.6 is 0 Å². The normalized spacial score (nSPS) is 12.3. The van der Waals surface area contributed by atoms with Crippen LogP contribution < -0.4 is 14.6 Å². The molecule has 1 heterocycles. The third kappa shape index (κ3) is 3.37. The number of hydrogen-bond acceptors (Lipinski definition) is 6. The highest BCUT2D eigenvalue weighted by molar-refractivity contribution is 7.89. The Bertz CT molecular complexity index is 557. The number of primary sulfonamides is 1. The Morgan fingerprint density at radius 3 is 2.39 bits per heavy atom. The van der Waals surface area contributed by atoms with E-state index in [-0.39, 0.29) is 0 Å². The topological polar surface area (TPSA) is 112 Å². The van der Waals surface area contributed by atoms with Crippen LogP contribution in [0, 0.1) is 0 Å². The quantitative estimate of drug-likeness (QED) is 0.829. The van der Waals surface area contributed by atoms with E-state index < -0.39 is 38.8 Å². The summed E-state index contributed by atoms with van der Waals surface area (Å²) in [6.07, 6.45) is -5.14. The third-order valence-corrected chi connectivity index (χ3v) is 2.43. The van der Waals surface area contributed by atoms with Crippen molar-refractivity contribution in [3.63, 3.8) is 0 Å². The molecular weight excluding hydrogens is 281 g/mol. The van der Waals surface area contributed by atoms with Crippen LogP contribution in [0.1, 0.15) is 0 Å². The van der Waals surface area contributed by atoms with Crippen molar-refractivity contribution in [2.45, 2.75) is 11.4 Å². The number of halogens is 3. The summed E-state index contributed by atoms with van der Waals surface area (Å²) >= 11 is 0.